The number of hydrogen-bond donors (Lipinski definition) is 1. The van der Waals surface area contributed by atoms with Gasteiger partial charge in [0.05, 0.1) is 16.1 Å². The number of amides is 1. The Morgan fingerprint density at radius 1 is 1.00 bits per heavy atom. The number of nitrogens with zero attached hydrogens (tertiary/aromatic N) is 4. The largest absolute Gasteiger partial charge is 0.339 e. The lowest BCUT2D eigenvalue weighted by Gasteiger charge is -2.36. The van der Waals surface area contributed by atoms with Crippen LogP contribution in [-0.4, -0.2) is 57.9 Å². The van der Waals surface area contributed by atoms with Crippen LogP contribution in [0.25, 0.3) is 20.7 Å². The van der Waals surface area contributed by atoms with Gasteiger partial charge in [0.15, 0.2) is 0 Å². The molecule has 0 radical (unpaired) electrons. The number of benzene rings is 2. The van der Waals surface area contributed by atoms with E-state index in [4.69, 9.17) is 11.6 Å². The fourth-order valence-electron chi connectivity index (χ4n) is 5.25. The Morgan fingerprint density at radius 3 is 2.50 bits per heavy atom. The van der Waals surface area contributed by atoms with Crippen molar-refractivity contribution < 1.29 is 4.79 Å². The number of carbonyl (C=O) groups excluding carboxylic acids is 1. The molecule has 2 aliphatic rings. The summed E-state index contributed by atoms with van der Waals surface area (Å²) in [6.07, 6.45) is 6.39. The molecule has 0 bridgehead atoms. The molecule has 0 aliphatic carbocycles. The summed E-state index contributed by atoms with van der Waals surface area (Å²) in [7, 11) is 0. The lowest BCUT2D eigenvalue weighted by molar-refractivity contribution is 0.0644. The van der Waals surface area contributed by atoms with Crippen LogP contribution >= 0.6 is 22.9 Å². The Labute approximate surface area is 219 Å². The smallest absolute Gasteiger partial charge is 0.253 e. The van der Waals surface area contributed by atoms with Gasteiger partial charge in [0.25, 0.3) is 5.91 Å². The van der Waals surface area contributed by atoms with Crippen LogP contribution in [0.3, 0.4) is 0 Å². The van der Waals surface area contributed by atoms with Gasteiger partial charge in [-0.2, -0.15) is 0 Å². The second kappa shape index (κ2) is 10.2. The number of fused-ring (bicyclic) bond motifs is 1. The highest BCUT2D eigenvalue weighted by Crippen LogP contribution is 2.36. The minimum atomic E-state index is 0.108. The van der Waals surface area contributed by atoms with Gasteiger partial charge in [-0.05, 0) is 80.6 Å². The van der Waals surface area contributed by atoms with E-state index < -0.39 is 0 Å². The van der Waals surface area contributed by atoms with Crippen molar-refractivity contribution >= 4 is 50.6 Å². The Balaban J connectivity index is 1.12. The first-order valence-corrected chi connectivity index (χ1v) is 13.8. The lowest BCUT2D eigenvalue weighted by atomic mass is 10.0. The van der Waals surface area contributed by atoms with Crippen molar-refractivity contribution in [1.82, 2.24) is 19.8 Å². The Bertz CT molecular complexity index is 1340. The maximum Gasteiger partial charge on any atom is 0.253 e. The zero-order valence-electron chi connectivity index (χ0n) is 20.0. The number of hydrogen-bond acceptors (Lipinski definition) is 6. The molecular formula is C28H28ClN5OS. The Hall–Kier alpha value is -3.00. The van der Waals surface area contributed by atoms with Crippen molar-refractivity contribution in [2.75, 3.05) is 31.5 Å². The molecule has 4 aromatic rings. The summed E-state index contributed by atoms with van der Waals surface area (Å²) in [6.45, 7) is 4.10. The fraction of sp³-hybridized carbons (Fsp3) is 0.321. The number of thiophene rings is 1. The number of rotatable bonds is 5. The van der Waals surface area contributed by atoms with Gasteiger partial charge < -0.3 is 15.1 Å². The standard InChI is InChI=1S/C28H28ClN5OS/c29-23-18-30-28(32-26(23)25-17-20-5-1-2-6-24(20)36-25)31-21-9-7-19(8-10-21)27(35)34-15-11-22(12-16-34)33-13-3-4-14-33/h1-2,5-10,17-18,22H,3-4,11-16H2,(H,30,31,32). The van der Waals surface area contributed by atoms with Crippen LogP contribution in [0, 0.1) is 0 Å². The van der Waals surface area contributed by atoms with Crippen LogP contribution in [0.5, 0.6) is 0 Å². The van der Waals surface area contributed by atoms with Crippen molar-refractivity contribution in [2.24, 2.45) is 0 Å². The van der Waals surface area contributed by atoms with Gasteiger partial charge in [-0.25, -0.2) is 9.97 Å². The second-order valence-electron chi connectivity index (χ2n) is 9.51. The summed E-state index contributed by atoms with van der Waals surface area (Å²) >= 11 is 8.10. The molecule has 0 spiro atoms. The number of carbonyl (C=O) groups is 1. The van der Waals surface area contributed by atoms with Crippen LogP contribution in [0.1, 0.15) is 36.0 Å². The summed E-state index contributed by atoms with van der Waals surface area (Å²) in [5.41, 5.74) is 2.24. The molecule has 6 rings (SSSR count). The van der Waals surface area contributed by atoms with Crippen molar-refractivity contribution in [3.63, 3.8) is 0 Å². The molecule has 0 saturated carbocycles. The normalized spacial score (nSPS) is 17.1. The van der Waals surface area contributed by atoms with Gasteiger partial charge in [0, 0.05) is 35.1 Å². The van der Waals surface area contributed by atoms with Crippen molar-refractivity contribution in [2.45, 2.75) is 31.7 Å². The highest BCUT2D eigenvalue weighted by atomic mass is 35.5. The molecule has 8 heteroatoms. The number of likely N-dealkylation sites (tertiary alicyclic amines) is 2. The van der Waals surface area contributed by atoms with Gasteiger partial charge >= 0.3 is 0 Å². The molecule has 36 heavy (non-hydrogen) atoms. The van der Waals surface area contributed by atoms with E-state index in [0.717, 1.165) is 36.5 Å². The van der Waals surface area contributed by atoms with E-state index in [0.29, 0.717) is 28.3 Å². The quantitative estimate of drug-likeness (QED) is 0.329. The third kappa shape index (κ3) is 4.83. The number of aromatic nitrogens is 2. The van der Waals surface area contributed by atoms with Gasteiger partial charge in [-0.15, -0.1) is 11.3 Å². The van der Waals surface area contributed by atoms with Crippen molar-refractivity contribution in [1.29, 1.82) is 0 Å². The minimum absolute atomic E-state index is 0.108. The van der Waals surface area contributed by atoms with Gasteiger partial charge in [0.2, 0.25) is 5.95 Å². The third-order valence-corrected chi connectivity index (χ3v) is 8.60. The lowest BCUT2D eigenvalue weighted by Crippen LogP contribution is -2.45. The van der Waals surface area contributed by atoms with Crippen LogP contribution in [0.15, 0.2) is 60.8 Å². The zero-order valence-corrected chi connectivity index (χ0v) is 21.6. The maximum atomic E-state index is 13.1. The summed E-state index contributed by atoms with van der Waals surface area (Å²) in [5.74, 6) is 0.575. The molecule has 6 nitrogen and oxygen atoms in total. The minimum Gasteiger partial charge on any atom is -0.339 e. The van der Waals surface area contributed by atoms with Crippen LogP contribution < -0.4 is 5.32 Å². The van der Waals surface area contributed by atoms with Gasteiger partial charge in [-0.3, -0.25) is 4.79 Å². The van der Waals surface area contributed by atoms with Crippen LogP contribution in [0.4, 0.5) is 11.6 Å². The highest BCUT2D eigenvalue weighted by molar-refractivity contribution is 7.22. The summed E-state index contributed by atoms with van der Waals surface area (Å²) in [6, 6.07) is 18.5. The predicted molar refractivity (Wildman–Crippen MR) is 147 cm³/mol. The van der Waals surface area contributed by atoms with E-state index in [1.807, 2.05) is 41.3 Å². The number of piperidine rings is 1. The van der Waals surface area contributed by atoms with E-state index >= 15 is 0 Å². The average molecular weight is 518 g/mol. The number of halogens is 1. The molecular weight excluding hydrogens is 490 g/mol. The van der Waals surface area contributed by atoms with Crippen LogP contribution in [0.2, 0.25) is 5.02 Å². The SMILES string of the molecule is O=C(c1ccc(Nc2ncc(Cl)c(-c3cc4ccccc4s3)n2)cc1)N1CCC(N2CCCC2)CC1. The molecule has 2 fully saturated rings. The topological polar surface area (TPSA) is 61.4 Å². The first kappa shape index (κ1) is 23.4. The third-order valence-electron chi connectivity index (χ3n) is 7.20. The van der Waals surface area contributed by atoms with E-state index in [-0.39, 0.29) is 5.91 Å². The van der Waals surface area contributed by atoms with Crippen LogP contribution in [-0.2, 0) is 0 Å². The summed E-state index contributed by atoms with van der Waals surface area (Å²) in [5, 5.41) is 4.94. The first-order valence-electron chi connectivity index (χ1n) is 12.6. The van der Waals surface area contributed by atoms with Gasteiger partial charge in [-0.1, -0.05) is 29.8 Å². The number of anilines is 2. The Morgan fingerprint density at radius 2 is 1.75 bits per heavy atom. The summed E-state index contributed by atoms with van der Waals surface area (Å²) < 4.78 is 1.19. The molecule has 1 amide bonds. The Kier molecular flexibility index (Phi) is 6.61. The molecule has 2 aromatic carbocycles. The molecule has 0 atom stereocenters. The van der Waals surface area contributed by atoms with Gasteiger partial charge in [0.1, 0.15) is 5.69 Å². The predicted octanol–water partition coefficient (Wildman–Crippen LogP) is 6.46. The molecule has 4 heterocycles. The maximum absolute atomic E-state index is 13.1. The van der Waals surface area contributed by atoms with Crippen molar-refractivity contribution in [3.8, 4) is 10.6 Å². The molecule has 184 valence electrons. The van der Waals surface area contributed by atoms with E-state index in [1.54, 1.807) is 17.5 Å². The molecule has 2 aromatic heterocycles. The monoisotopic (exact) mass is 517 g/mol. The molecule has 2 saturated heterocycles. The zero-order chi connectivity index (χ0) is 24.5. The second-order valence-corrected chi connectivity index (χ2v) is 11.0. The van der Waals surface area contributed by atoms with E-state index in [2.05, 4.69) is 38.4 Å². The molecule has 1 N–H and O–H groups in total. The van der Waals surface area contributed by atoms with E-state index in [1.165, 1.54) is 36.0 Å². The molecule has 2 aliphatic heterocycles. The first-order chi connectivity index (χ1) is 17.6. The van der Waals surface area contributed by atoms with E-state index in [9.17, 15) is 4.79 Å². The average Bonchev–Trinajstić information content (AvgIpc) is 3.60. The number of nitrogens with one attached hydrogen (secondary N) is 1. The highest BCUT2D eigenvalue weighted by Gasteiger charge is 2.28. The fourth-order valence-corrected chi connectivity index (χ4v) is 6.56. The summed E-state index contributed by atoms with van der Waals surface area (Å²) in [4.78, 5) is 27.7. The molecule has 0 unspecified atom stereocenters. The van der Waals surface area contributed by atoms with Crippen molar-refractivity contribution in [3.05, 3.63) is 71.4 Å².